The second-order valence-corrected chi connectivity index (χ2v) is 5.53. The molecule has 0 bridgehead atoms. The fourth-order valence-corrected chi connectivity index (χ4v) is 2.05. The highest BCUT2D eigenvalue weighted by molar-refractivity contribution is 8.00. The van der Waals surface area contributed by atoms with Crippen LogP contribution in [0.25, 0.3) is 0 Å². The Kier molecular flexibility index (Phi) is 5.75. The molecule has 0 saturated carbocycles. The zero-order chi connectivity index (χ0) is 14.5. The second kappa shape index (κ2) is 6.86. The average molecular weight is 289 g/mol. The van der Waals surface area contributed by atoms with Crippen molar-refractivity contribution in [2.24, 2.45) is 0 Å². The van der Waals surface area contributed by atoms with E-state index in [-0.39, 0.29) is 18.3 Å². The summed E-state index contributed by atoms with van der Waals surface area (Å²) in [6.45, 7) is 3.46. The molecule has 19 heavy (non-hydrogen) atoms. The van der Waals surface area contributed by atoms with Crippen molar-refractivity contribution in [2.45, 2.75) is 30.7 Å². The lowest BCUT2D eigenvalue weighted by Crippen LogP contribution is -2.49. The summed E-state index contributed by atoms with van der Waals surface area (Å²) in [6.07, 6.45) is 0.602. The molecule has 2 N–H and O–H groups in total. The molecule has 0 saturated heterocycles. The van der Waals surface area contributed by atoms with Gasteiger partial charge >= 0.3 is 0 Å². The Balaban J connectivity index is 2.52. The normalized spacial score (nSPS) is 13.9. The van der Waals surface area contributed by atoms with Crippen LogP contribution in [0.3, 0.4) is 0 Å². The lowest BCUT2D eigenvalue weighted by Gasteiger charge is -2.27. The summed E-state index contributed by atoms with van der Waals surface area (Å²) in [7, 11) is 0. The summed E-state index contributed by atoms with van der Waals surface area (Å²) in [5, 5.41) is 11.9. The van der Waals surface area contributed by atoms with Crippen molar-refractivity contribution >= 4 is 17.7 Å². The molecule has 0 aliphatic rings. The minimum absolute atomic E-state index is 0.0840. The molecule has 0 fully saturated rings. The van der Waals surface area contributed by atoms with Gasteiger partial charge in [-0.05, 0) is 31.5 Å². The van der Waals surface area contributed by atoms with E-state index in [2.05, 4.69) is 5.32 Å². The lowest BCUT2D eigenvalue weighted by molar-refractivity contribution is -0.120. The van der Waals surface area contributed by atoms with Gasteiger partial charge in [0.15, 0.2) is 11.6 Å². The van der Waals surface area contributed by atoms with E-state index in [1.165, 1.54) is 6.07 Å². The van der Waals surface area contributed by atoms with Crippen LogP contribution in [0.1, 0.15) is 20.3 Å². The fourth-order valence-electron chi connectivity index (χ4n) is 1.33. The van der Waals surface area contributed by atoms with Crippen molar-refractivity contribution in [2.75, 3.05) is 12.4 Å². The molecule has 106 valence electrons. The molecule has 1 rings (SSSR count). The van der Waals surface area contributed by atoms with Crippen molar-refractivity contribution in [3.8, 4) is 0 Å². The zero-order valence-electron chi connectivity index (χ0n) is 10.9. The third-order valence-electron chi connectivity index (χ3n) is 2.83. The van der Waals surface area contributed by atoms with E-state index in [1.807, 2.05) is 6.92 Å². The number of carbonyl (C=O) groups excluding carboxylic acids is 1. The average Bonchev–Trinajstić information content (AvgIpc) is 2.40. The van der Waals surface area contributed by atoms with Gasteiger partial charge in [0.05, 0.1) is 17.9 Å². The monoisotopic (exact) mass is 289 g/mol. The number of halogens is 2. The van der Waals surface area contributed by atoms with Crippen LogP contribution in [0.5, 0.6) is 0 Å². The summed E-state index contributed by atoms with van der Waals surface area (Å²) in [4.78, 5) is 12.2. The predicted octanol–water partition coefficient (Wildman–Crippen LogP) is 2.33. The molecular formula is C13H17F2NO2S. The van der Waals surface area contributed by atoms with Crippen LogP contribution >= 0.6 is 11.8 Å². The molecule has 0 aliphatic heterocycles. The van der Waals surface area contributed by atoms with Gasteiger partial charge in [0.2, 0.25) is 5.91 Å². The Morgan fingerprint density at radius 2 is 2.11 bits per heavy atom. The summed E-state index contributed by atoms with van der Waals surface area (Å²) in [5.41, 5.74) is -0.647. The number of benzene rings is 1. The summed E-state index contributed by atoms with van der Waals surface area (Å²) in [6, 6.07) is 3.50. The Morgan fingerprint density at radius 3 is 2.63 bits per heavy atom. The maximum absolute atomic E-state index is 13.0. The number of nitrogens with one attached hydrogen (secondary N) is 1. The molecule has 0 aliphatic carbocycles. The van der Waals surface area contributed by atoms with Crippen LogP contribution in [-0.2, 0) is 4.79 Å². The standard InChI is InChI=1S/C13H17F2NO2S/c1-3-13(2,8-17)16-12(18)7-19-9-4-5-10(14)11(15)6-9/h4-6,17H,3,7-8H2,1-2H3,(H,16,18). The Labute approximate surface area is 115 Å². The molecule has 6 heteroatoms. The molecule has 3 nitrogen and oxygen atoms in total. The van der Waals surface area contributed by atoms with E-state index >= 15 is 0 Å². The first-order valence-corrected chi connectivity index (χ1v) is 6.88. The quantitative estimate of drug-likeness (QED) is 0.790. The first kappa shape index (κ1) is 15.9. The molecule has 1 unspecified atom stereocenters. The SMILES string of the molecule is CCC(C)(CO)NC(=O)CSc1ccc(F)c(F)c1. The maximum atomic E-state index is 13.0. The smallest absolute Gasteiger partial charge is 0.230 e. The van der Waals surface area contributed by atoms with E-state index < -0.39 is 17.2 Å². The van der Waals surface area contributed by atoms with E-state index in [4.69, 9.17) is 0 Å². The zero-order valence-corrected chi connectivity index (χ0v) is 11.7. The molecule has 1 amide bonds. The number of amides is 1. The van der Waals surface area contributed by atoms with Gasteiger partial charge in [-0.2, -0.15) is 0 Å². The number of aliphatic hydroxyl groups is 1. The lowest BCUT2D eigenvalue weighted by atomic mass is 10.0. The van der Waals surface area contributed by atoms with Gasteiger partial charge < -0.3 is 10.4 Å². The van der Waals surface area contributed by atoms with Crippen molar-refractivity contribution in [3.63, 3.8) is 0 Å². The fraction of sp³-hybridized carbons (Fsp3) is 0.462. The van der Waals surface area contributed by atoms with Gasteiger partial charge in [-0.25, -0.2) is 8.78 Å². The molecule has 0 radical (unpaired) electrons. The van der Waals surface area contributed by atoms with Crippen LogP contribution in [0.2, 0.25) is 0 Å². The molecular weight excluding hydrogens is 272 g/mol. The van der Waals surface area contributed by atoms with E-state index in [0.717, 1.165) is 23.9 Å². The predicted molar refractivity (Wildman–Crippen MR) is 71.0 cm³/mol. The third-order valence-corrected chi connectivity index (χ3v) is 3.83. The summed E-state index contributed by atoms with van der Waals surface area (Å²) in [5.74, 6) is -2.01. The van der Waals surface area contributed by atoms with Crippen molar-refractivity contribution < 1.29 is 18.7 Å². The van der Waals surface area contributed by atoms with Crippen molar-refractivity contribution in [1.82, 2.24) is 5.32 Å². The van der Waals surface area contributed by atoms with E-state index in [1.54, 1.807) is 6.92 Å². The second-order valence-electron chi connectivity index (χ2n) is 4.49. The molecule has 1 aromatic rings. The number of hydrogen-bond acceptors (Lipinski definition) is 3. The highest BCUT2D eigenvalue weighted by Gasteiger charge is 2.22. The number of hydrogen-bond donors (Lipinski definition) is 2. The number of thioether (sulfide) groups is 1. The highest BCUT2D eigenvalue weighted by atomic mass is 32.2. The van der Waals surface area contributed by atoms with Gasteiger partial charge in [0, 0.05) is 4.90 Å². The van der Waals surface area contributed by atoms with Crippen LogP contribution in [0.15, 0.2) is 23.1 Å². The first-order chi connectivity index (χ1) is 8.90. The Hall–Kier alpha value is -1.14. The van der Waals surface area contributed by atoms with Gasteiger partial charge in [-0.1, -0.05) is 6.92 Å². The van der Waals surface area contributed by atoms with Gasteiger partial charge in [-0.3, -0.25) is 4.79 Å². The Bertz CT molecular complexity index is 450. The number of carbonyl (C=O) groups is 1. The number of aliphatic hydroxyl groups excluding tert-OH is 1. The van der Waals surface area contributed by atoms with Crippen LogP contribution in [-0.4, -0.2) is 28.9 Å². The van der Waals surface area contributed by atoms with Crippen LogP contribution in [0.4, 0.5) is 8.78 Å². The van der Waals surface area contributed by atoms with E-state index in [9.17, 15) is 18.7 Å². The molecule has 1 aromatic carbocycles. The van der Waals surface area contributed by atoms with E-state index in [0.29, 0.717) is 11.3 Å². The van der Waals surface area contributed by atoms with Gasteiger partial charge in [0.1, 0.15) is 0 Å². The minimum atomic E-state index is -0.931. The Morgan fingerprint density at radius 1 is 1.42 bits per heavy atom. The molecule has 0 spiro atoms. The van der Waals surface area contributed by atoms with Crippen LogP contribution < -0.4 is 5.32 Å². The largest absolute Gasteiger partial charge is 0.394 e. The molecule has 1 atom stereocenters. The van der Waals surface area contributed by atoms with Crippen molar-refractivity contribution in [1.29, 1.82) is 0 Å². The minimum Gasteiger partial charge on any atom is -0.394 e. The highest BCUT2D eigenvalue weighted by Crippen LogP contribution is 2.20. The number of rotatable bonds is 6. The molecule has 0 heterocycles. The topological polar surface area (TPSA) is 49.3 Å². The van der Waals surface area contributed by atoms with Gasteiger partial charge in [-0.15, -0.1) is 11.8 Å². The van der Waals surface area contributed by atoms with Crippen LogP contribution in [0, 0.1) is 11.6 Å². The first-order valence-electron chi connectivity index (χ1n) is 5.90. The summed E-state index contributed by atoms with van der Waals surface area (Å²) < 4.78 is 25.7. The molecule has 0 aromatic heterocycles. The maximum Gasteiger partial charge on any atom is 0.230 e. The third kappa shape index (κ3) is 4.80. The van der Waals surface area contributed by atoms with Gasteiger partial charge in [0.25, 0.3) is 0 Å². The summed E-state index contributed by atoms with van der Waals surface area (Å²) >= 11 is 1.11. The van der Waals surface area contributed by atoms with Crippen molar-refractivity contribution in [3.05, 3.63) is 29.8 Å².